The van der Waals surface area contributed by atoms with Crippen molar-refractivity contribution in [3.05, 3.63) is 215 Å². The van der Waals surface area contributed by atoms with Gasteiger partial charge in [0.1, 0.15) is 40.8 Å². The van der Waals surface area contributed by atoms with Crippen molar-refractivity contribution in [1.82, 2.24) is 150 Å². The zero-order chi connectivity index (χ0) is 81.4. The largest absolute Gasteiger partial charge is 0.339 e. The smallest absolute Gasteiger partial charge is 0.327 e. The average molecular weight is 1550 g/mol. The number of fused-ring (bicyclic) bond motifs is 3. The molecule has 0 bridgehead atoms. The van der Waals surface area contributed by atoms with Gasteiger partial charge in [-0.25, -0.2) is 29.3 Å². The predicted octanol–water partition coefficient (Wildman–Crippen LogP) is 4.63. The molecule has 0 aliphatic heterocycles. The molecule has 0 aliphatic rings. The molecule has 0 aliphatic carbocycles. The summed E-state index contributed by atoms with van der Waals surface area (Å²) in [5.41, 5.74) is -3.11. The van der Waals surface area contributed by atoms with Gasteiger partial charge >= 0.3 is 17.1 Å². The number of anilines is 16. The van der Waals surface area contributed by atoms with Crippen LogP contribution in [0.15, 0.2) is 141 Å². The lowest BCUT2D eigenvalue weighted by atomic mass is 9.96. The van der Waals surface area contributed by atoms with Crippen molar-refractivity contribution in [3.63, 3.8) is 0 Å². The Morgan fingerprint density at radius 3 is 0.737 bits per heavy atom. The summed E-state index contributed by atoms with van der Waals surface area (Å²) in [4.78, 5) is 212. The van der Waals surface area contributed by atoms with Crippen LogP contribution in [0.4, 0.5) is 94.3 Å². The first-order valence-electron chi connectivity index (χ1n) is 34.2. The molecule has 0 spiro atoms. The van der Waals surface area contributed by atoms with Crippen LogP contribution in [0.25, 0.3) is 33.5 Å². The molecule has 0 unspecified atom stereocenters. The van der Waals surface area contributed by atoms with Gasteiger partial charge in [-0.15, -0.1) is 0 Å². The van der Waals surface area contributed by atoms with E-state index in [9.17, 15) is 43.2 Å². The number of H-pyrrole nitrogens is 12. The fourth-order valence-electron chi connectivity index (χ4n) is 9.59. The fraction of sp³-hybridized carbons (Fsp3) is 0.239. The minimum absolute atomic E-state index is 0.0378. The number of hydrogen-bond acceptors (Lipinski definition) is 35. The summed E-state index contributed by atoms with van der Waals surface area (Å²) < 4.78 is 0. The van der Waals surface area contributed by atoms with Crippen LogP contribution in [-0.2, 0) is 21.7 Å². The van der Waals surface area contributed by atoms with E-state index in [4.69, 9.17) is 0 Å². The van der Waals surface area contributed by atoms with Gasteiger partial charge in [-0.2, -0.15) is 74.8 Å². The number of nitrogens with one attached hydrogen (secondary N) is 20. The number of nitrogens with zero attached hydrogens (tertiary/aromatic N) is 18. The molecular formula is C67H72N38O9. The van der Waals surface area contributed by atoms with E-state index in [2.05, 4.69) is 182 Å². The summed E-state index contributed by atoms with van der Waals surface area (Å²) in [5.74, 6) is 4.26. The second-order valence-corrected chi connectivity index (χ2v) is 28.5. The maximum absolute atomic E-state index is 12.2. The maximum atomic E-state index is 12.2. The molecule has 114 heavy (non-hydrogen) atoms. The van der Waals surface area contributed by atoms with Crippen molar-refractivity contribution in [2.45, 2.75) is 105 Å². The molecule has 2 aromatic carbocycles. The molecule has 20 N–H and O–H groups in total. The van der Waals surface area contributed by atoms with E-state index < -0.39 is 55.7 Å². The molecule has 0 fully saturated rings. The lowest BCUT2D eigenvalue weighted by molar-refractivity contribution is 0.544. The van der Waals surface area contributed by atoms with Gasteiger partial charge in [-0.05, 0) is 24.3 Å². The quantitative estimate of drug-likeness (QED) is 0.0626. The van der Waals surface area contributed by atoms with Gasteiger partial charge in [0, 0.05) is 51.2 Å². The first kappa shape index (κ1) is 77.6. The van der Waals surface area contributed by atoms with Crippen LogP contribution in [0.3, 0.4) is 0 Å². The molecule has 0 atom stereocenters. The van der Waals surface area contributed by atoms with Crippen LogP contribution in [0, 0.1) is 0 Å². The van der Waals surface area contributed by atoms with E-state index >= 15 is 0 Å². The van der Waals surface area contributed by atoms with E-state index in [1.165, 1.54) is 25.0 Å². The second kappa shape index (κ2) is 32.0. The van der Waals surface area contributed by atoms with Crippen molar-refractivity contribution < 1.29 is 0 Å². The average Bonchev–Trinajstić information content (AvgIpc) is 1.58. The third kappa shape index (κ3) is 20.4. The van der Waals surface area contributed by atoms with Crippen LogP contribution in [0.2, 0.25) is 0 Å². The highest BCUT2D eigenvalue weighted by Gasteiger charge is 2.26. The number of para-hydroxylation sites is 2. The second-order valence-electron chi connectivity index (χ2n) is 28.5. The molecule has 0 saturated carbocycles. The summed E-state index contributed by atoms with van der Waals surface area (Å²) in [7, 11) is 0. The van der Waals surface area contributed by atoms with Crippen LogP contribution in [0.5, 0.6) is 0 Å². The fourth-order valence-corrected chi connectivity index (χ4v) is 9.59. The Bertz CT molecular complexity index is 6310. The Hall–Kier alpha value is -16.0. The van der Waals surface area contributed by atoms with Gasteiger partial charge in [-0.3, -0.25) is 89.6 Å². The van der Waals surface area contributed by atoms with Crippen molar-refractivity contribution in [2.75, 3.05) is 42.5 Å². The highest BCUT2D eigenvalue weighted by molar-refractivity contribution is 5.72. The van der Waals surface area contributed by atoms with Gasteiger partial charge < -0.3 is 41.5 Å². The third-order valence-electron chi connectivity index (χ3n) is 14.9. The molecule has 47 heteroatoms. The third-order valence-corrected chi connectivity index (χ3v) is 14.9. The zero-order valence-electron chi connectivity index (χ0n) is 62.5. The summed E-state index contributed by atoms with van der Waals surface area (Å²) in [5, 5.41) is 23.3. The topological polar surface area (TPSA) is 671 Å². The Labute approximate surface area is 636 Å². The molecule has 0 saturated heterocycles. The Morgan fingerprint density at radius 2 is 0.500 bits per heavy atom. The molecule has 0 radical (unpaired) electrons. The molecule has 13 heterocycles. The van der Waals surface area contributed by atoms with Crippen molar-refractivity contribution in [3.8, 4) is 0 Å². The Balaban J connectivity index is 0.000000141. The summed E-state index contributed by atoms with van der Waals surface area (Å²) in [6.07, 6.45) is 4.17. The molecule has 584 valence electrons. The summed E-state index contributed by atoms with van der Waals surface area (Å²) >= 11 is 0. The Morgan fingerprint density at radius 1 is 0.263 bits per heavy atom. The number of rotatable bonds is 16. The van der Waals surface area contributed by atoms with Gasteiger partial charge in [0.15, 0.2) is 33.5 Å². The minimum atomic E-state index is -0.695. The molecular weight excluding hydrogens is 1480 g/mol. The van der Waals surface area contributed by atoms with Crippen LogP contribution in [-0.4, -0.2) is 150 Å². The van der Waals surface area contributed by atoms with E-state index in [0.29, 0.717) is 46.4 Å². The first-order chi connectivity index (χ1) is 54.0. The molecule has 0 amide bonds. The highest BCUT2D eigenvalue weighted by Crippen LogP contribution is 2.28. The number of aromatic nitrogens is 30. The van der Waals surface area contributed by atoms with Crippen LogP contribution < -0.4 is 93.0 Å². The SMILES string of the molecule is CC(C)(C)c1nc(Nc2cc(=O)[nH]c(=O)[nH]2)nc(Nc2cc(=O)[nH]c(=O)[nH]2)n1.CC(C)(C)c1nc(Nc2ccccc2)nc(Nc2cc(=O)[nH]c(=O)[nH]2)n1.CC(C)(C)c1nc(Nc2ccccc2)nc(Nc2nc3nc[nH]c3c(=O)[nH]2)n1.CC(C)(C)c1nc(Nc2nc3nc[nH]c3c(=O)[nH]2)nc(Nc2nc3nc[nH]c3c(=O)[nH]2)n1. The van der Waals surface area contributed by atoms with Gasteiger partial charge in [0.2, 0.25) is 65.4 Å². The van der Waals surface area contributed by atoms with E-state index in [-0.39, 0.29) is 110 Å². The Kier molecular flexibility index (Phi) is 21.8. The van der Waals surface area contributed by atoms with Crippen LogP contribution >= 0.6 is 0 Å². The predicted molar refractivity (Wildman–Crippen MR) is 420 cm³/mol. The molecule has 15 rings (SSSR count). The number of imidazole rings is 3. The van der Waals surface area contributed by atoms with Crippen molar-refractivity contribution in [1.29, 1.82) is 0 Å². The number of benzene rings is 2. The van der Waals surface area contributed by atoms with Gasteiger partial charge in [0.05, 0.1) is 19.0 Å². The van der Waals surface area contributed by atoms with E-state index in [1.807, 2.05) is 154 Å². The lowest BCUT2D eigenvalue weighted by Crippen LogP contribution is -2.24. The molecule has 15 aromatic rings. The van der Waals surface area contributed by atoms with Crippen molar-refractivity contribution in [2.24, 2.45) is 0 Å². The maximum Gasteiger partial charge on any atom is 0.327 e. The lowest BCUT2D eigenvalue weighted by Gasteiger charge is -2.18. The highest BCUT2D eigenvalue weighted by atomic mass is 16.2. The minimum Gasteiger partial charge on any atom is -0.339 e. The van der Waals surface area contributed by atoms with Crippen LogP contribution in [0.1, 0.15) is 106 Å². The van der Waals surface area contributed by atoms with Gasteiger partial charge in [0.25, 0.3) is 33.4 Å². The normalized spacial score (nSPS) is 11.5. The summed E-state index contributed by atoms with van der Waals surface area (Å²) in [6, 6.07) is 22.6. The number of aromatic amines is 12. The first-order valence-corrected chi connectivity index (χ1v) is 34.2. The van der Waals surface area contributed by atoms with Crippen molar-refractivity contribution >= 4 is 128 Å². The summed E-state index contributed by atoms with van der Waals surface area (Å²) in [6.45, 7) is 23.4. The van der Waals surface area contributed by atoms with E-state index in [0.717, 1.165) is 23.5 Å². The monoisotopic (exact) mass is 1550 g/mol. The zero-order valence-corrected chi connectivity index (χ0v) is 62.5. The molecule has 13 aromatic heterocycles. The van der Waals surface area contributed by atoms with Gasteiger partial charge in [-0.1, -0.05) is 119 Å². The standard InChI is InChI=1S/C18H19N9O.C17H17N13O2.C17H19N7O2.C15H17N9O4/c1-18(2,3)14-24-15(21-10-7-5-4-6-8-10)26-17(25-14)27-16-22-12-11(13(28)23-16)19-9-20-12;1-17(2,3)12-26-15(28-13-22-8-6(10(31)24-13)18-4-20-8)30-16(27-12)29-14-23-9-7(11(32)25-14)19-5-21-9;1-17(2,3)13-22-14(18-10-7-5-4-6-8-10)24-15(23-13)19-11-9-12(25)21-16(26)20-11;1-15(2,3)10-22-11(16-6-4-8(25)20-13(27)18-6)24-12(23-10)17-7-5-9(26)21-14(28)19-7/h4-9H,1-3H3,(H4,19,20,21,22,23,24,25,26,27,28);4-5H,1-3H3,(H6,18,19,20,21,22,23,24,25,26,27,28,29,30,31,32);4-9H,1-3H3,(H4,18,19,20,21,22,23,24,25,26);4-5H,1-3H3,(H6,16,17,18,19,20,21,22,23,24,25,26,27,28). The number of hydrogen-bond donors (Lipinski definition) is 20. The van der Waals surface area contributed by atoms with E-state index in [1.54, 1.807) is 0 Å². The molecule has 47 nitrogen and oxygen atoms in total.